The van der Waals surface area contributed by atoms with E-state index in [1.807, 2.05) is 0 Å². The molecule has 2 radical (unpaired) electrons. The van der Waals surface area contributed by atoms with E-state index in [1.165, 1.54) is 33.4 Å². The molecule has 0 saturated heterocycles. The van der Waals surface area contributed by atoms with Crippen molar-refractivity contribution in [3.05, 3.63) is 73.5 Å². The molecule has 19 heavy (non-hydrogen) atoms. The maximum Gasteiger partial charge on any atom is 0 e. The molecule has 1 aliphatic rings. The van der Waals surface area contributed by atoms with Crippen LogP contribution in [0, 0.1) is 28.7 Å². The molecule has 2 aromatic rings. The van der Waals surface area contributed by atoms with E-state index in [-0.39, 0.29) is 80.3 Å². The Morgan fingerprint density at radius 3 is 1.42 bits per heavy atom. The second-order valence-corrected chi connectivity index (χ2v) is 4.50. The van der Waals surface area contributed by atoms with Crippen molar-refractivity contribution in [3.8, 4) is 11.1 Å². The fourth-order valence-electron chi connectivity index (χ4n) is 2.47. The first-order valence-electron chi connectivity index (χ1n) is 5.43. The molecular weight excluding hydrogens is 382 g/mol. The topological polar surface area (TPSA) is 0 Å². The van der Waals surface area contributed by atoms with Gasteiger partial charge in [0, 0.05) is 65.4 Å². The van der Waals surface area contributed by atoms with Crippen LogP contribution in [0.4, 0.5) is 0 Å². The van der Waals surface area contributed by atoms with Crippen LogP contribution in [0.1, 0.15) is 22.3 Å². The number of benzene rings is 2. The quantitative estimate of drug-likeness (QED) is 0.476. The van der Waals surface area contributed by atoms with Crippen LogP contribution in [0.3, 0.4) is 0 Å². The van der Waals surface area contributed by atoms with Gasteiger partial charge in [0.25, 0.3) is 0 Å². The van der Waals surface area contributed by atoms with Crippen LogP contribution in [0.25, 0.3) is 11.1 Å². The normalized spacial score (nSPS) is 9.79. The van der Waals surface area contributed by atoms with Gasteiger partial charge in [-0.2, -0.15) is 0 Å². The Morgan fingerprint density at radius 2 is 1.05 bits per heavy atom. The van der Waals surface area contributed by atoms with Gasteiger partial charge in [-0.3, -0.25) is 0 Å². The Kier molecular flexibility index (Phi) is 10.2. The van der Waals surface area contributed by atoms with Gasteiger partial charge in [-0.1, -0.05) is 47.5 Å². The predicted molar refractivity (Wildman–Crippen MR) is 77.0 cm³/mol. The summed E-state index contributed by atoms with van der Waals surface area (Å²) in [5.74, 6) is 0. The Bertz CT molecular complexity index is 495. The number of fused-ring (bicyclic) bond motifs is 3. The summed E-state index contributed by atoms with van der Waals surface area (Å²) >= 11 is 0. The molecule has 0 aliphatic heterocycles. The molecule has 2 aromatic carbocycles. The monoisotopic (exact) mass is 402 g/mol. The summed E-state index contributed by atoms with van der Waals surface area (Å²) < 4.78 is 0. The predicted octanol–water partition coefficient (Wildman–Crippen LogP) is 4.77. The van der Waals surface area contributed by atoms with Crippen molar-refractivity contribution in [2.45, 2.75) is 20.3 Å². The van der Waals surface area contributed by atoms with Crippen molar-refractivity contribution < 1.29 is 65.4 Å². The molecular formula is C17H20Y2-2. The fourth-order valence-corrected chi connectivity index (χ4v) is 2.47. The first-order chi connectivity index (χ1) is 7.24. The molecule has 0 bridgehead atoms. The summed E-state index contributed by atoms with van der Waals surface area (Å²) in [6, 6.07) is 13.5. The van der Waals surface area contributed by atoms with Gasteiger partial charge >= 0.3 is 0 Å². The van der Waals surface area contributed by atoms with Crippen LogP contribution in [0.15, 0.2) is 36.4 Å². The second-order valence-electron chi connectivity index (χ2n) is 4.50. The van der Waals surface area contributed by atoms with Crippen molar-refractivity contribution in [3.63, 3.8) is 0 Å². The Labute approximate surface area is 168 Å². The largest absolute Gasteiger partial charge is 0.358 e. The average molecular weight is 402 g/mol. The summed E-state index contributed by atoms with van der Waals surface area (Å²) in [4.78, 5) is 0. The van der Waals surface area contributed by atoms with Crippen molar-refractivity contribution >= 4 is 0 Å². The molecule has 0 unspecified atom stereocenters. The minimum atomic E-state index is 0. The molecule has 2 heteroatoms. The van der Waals surface area contributed by atoms with Crippen LogP contribution in [0.2, 0.25) is 0 Å². The molecule has 0 fully saturated rings. The number of hydrogen-bond donors (Lipinski definition) is 0. The zero-order chi connectivity index (χ0) is 10.4. The van der Waals surface area contributed by atoms with Crippen molar-refractivity contribution in [2.75, 3.05) is 0 Å². The smallest absolute Gasteiger partial charge is 0 e. The van der Waals surface area contributed by atoms with Gasteiger partial charge in [0.1, 0.15) is 0 Å². The van der Waals surface area contributed by atoms with E-state index in [1.54, 1.807) is 0 Å². The molecule has 0 heterocycles. The van der Waals surface area contributed by atoms with E-state index in [2.05, 4.69) is 50.2 Å². The molecule has 0 spiro atoms. The van der Waals surface area contributed by atoms with E-state index in [0.717, 1.165) is 6.42 Å². The van der Waals surface area contributed by atoms with Gasteiger partial charge in [-0.15, -0.1) is 0 Å². The Balaban J connectivity index is 0. The van der Waals surface area contributed by atoms with E-state index < -0.39 is 0 Å². The molecule has 0 amide bonds. The molecule has 96 valence electrons. The SMILES string of the molecule is Cc1ccc2c(c1)Cc1cc(C)ccc1-2.[CH3-].[CH3-].[Y].[Y]. The maximum atomic E-state index is 2.31. The standard InChI is InChI=1S/C15H14.2CH3.2Y/c1-10-3-5-14-12(7-10)9-13-8-11(2)4-6-15(13)14;;;;/h3-8H,9H2,1-2H3;2*1H3;;/q;2*-1;;. The van der Waals surface area contributed by atoms with Gasteiger partial charge in [0.05, 0.1) is 0 Å². The van der Waals surface area contributed by atoms with Crippen LogP contribution < -0.4 is 0 Å². The third-order valence-corrected chi connectivity index (χ3v) is 3.19. The van der Waals surface area contributed by atoms with Crippen LogP contribution in [-0.4, -0.2) is 0 Å². The van der Waals surface area contributed by atoms with E-state index in [9.17, 15) is 0 Å². The molecule has 0 N–H and O–H groups in total. The minimum absolute atomic E-state index is 0. The molecule has 0 atom stereocenters. The maximum absolute atomic E-state index is 2.31. The van der Waals surface area contributed by atoms with Crippen LogP contribution in [-0.2, 0) is 71.8 Å². The van der Waals surface area contributed by atoms with Crippen molar-refractivity contribution in [2.24, 2.45) is 0 Å². The molecule has 0 aromatic heterocycles. The second kappa shape index (κ2) is 8.83. The first-order valence-corrected chi connectivity index (χ1v) is 5.43. The van der Waals surface area contributed by atoms with Gasteiger partial charge in [-0.05, 0) is 42.5 Å². The van der Waals surface area contributed by atoms with Gasteiger partial charge in [0.2, 0.25) is 0 Å². The van der Waals surface area contributed by atoms with Crippen molar-refractivity contribution in [1.29, 1.82) is 0 Å². The van der Waals surface area contributed by atoms with Gasteiger partial charge in [0.15, 0.2) is 0 Å². The van der Waals surface area contributed by atoms with Crippen LogP contribution >= 0.6 is 0 Å². The molecule has 3 rings (SSSR count). The minimum Gasteiger partial charge on any atom is -0.358 e. The summed E-state index contributed by atoms with van der Waals surface area (Å²) in [5, 5.41) is 0. The van der Waals surface area contributed by atoms with Crippen LogP contribution in [0.5, 0.6) is 0 Å². The van der Waals surface area contributed by atoms with Gasteiger partial charge < -0.3 is 14.9 Å². The molecule has 1 aliphatic carbocycles. The summed E-state index contributed by atoms with van der Waals surface area (Å²) in [6.07, 6.45) is 1.11. The Hall–Kier alpha value is 0.648. The van der Waals surface area contributed by atoms with Crippen molar-refractivity contribution in [1.82, 2.24) is 0 Å². The van der Waals surface area contributed by atoms with Gasteiger partial charge in [-0.25, -0.2) is 0 Å². The first kappa shape index (κ1) is 21.9. The van der Waals surface area contributed by atoms with E-state index in [4.69, 9.17) is 0 Å². The Morgan fingerprint density at radius 1 is 0.684 bits per heavy atom. The summed E-state index contributed by atoms with van der Waals surface area (Å²) in [6.45, 7) is 4.32. The van der Waals surface area contributed by atoms with E-state index in [0.29, 0.717) is 0 Å². The number of aryl methyl sites for hydroxylation is 2. The number of rotatable bonds is 0. The fraction of sp³-hybridized carbons (Fsp3) is 0.176. The molecule has 0 saturated carbocycles. The summed E-state index contributed by atoms with van der Waals surface area (Å²) in [7, 11) is 0. The zero-order valence-corrected chi connectivity index (χ0v) is 18.0. The molecule has 0 nitrogen and oxygen atoms in total. The third kappa shape index (κ3) is 4.31. The van der Waals surface area contributed by atoms with E-state index >= 15 is 0 Å². The number of hydrogen-bond acceptors (Lipinski definition) is 0. The third-order valence-electron chi connectivity index (χ3n) is 3.19. The zero-order valence-electron chi connectivity index (χ0n) is 12.3. The average Bonchev–Trinajstić information content (AvgIpc) is 2.53. The summed E-state index contributed by atoms with van der Waals surface area (Å²) in [5.41, 5.74) is 8.54.